The van der Waals surface area contributed by atoms with Gasteiger partial charge >= 0.3 is 5.69 Å². The molecule has 0 spiro atoms. The van der Waals surface area contributed by atoms with E-state index in [1.165, 1.54) is 0 Å². The molecule has 4 aromatic rings. The SMILES string of the molecule is CC(C)c1ncccc1-c1ncc2c(n1)n(Cc1ccc(C#N)cc1)c(=O)n2C. The minimum Gasteiger partial charge on any atom is -0.292 e. The van der Waals surface area contributed by atoms with E-state index in [-0.39, 0.29) is 11.6 Å². The zero-order valence-corrected chi connectivity index (χ0v) is 16.5. The Morgan fingerprint density at radius 1 is 1.14 bits per heavy atom. The smallest absolute Gasteiger partial charge is 0.292 e. The van der Waals surface area contributed by atoms with Gasteiger partial charge in [0.05, 0.1) is 30.1 Å². The maximum Gasteiger partial charge on any atom is 0.330 e. The van der Waals surface area contributed by atoms with E-state index in [1.54, 1.807) is 40.7 Å². The molecule has 0 saturated heterocycles. The molecule has 3 aromatic heterocycles. The lowest BCUT2D eigenvalue weighted by molar-refractivity contribution is 0.731. The third kappa shape index (κ3) is 3.29. The van der Waals surface area contributed by atoms with Crippen LogP contribution < -0.4 is 5.69 Å². The Morgan fingerprint density at radius 2 is 1.90 bits per heavy atom. The summed E-state index contributed by atoms with van der Waals surface area (Å²) in [6.07, 6.45) is 3.45. The van der Waals surface area contributed by atoms with Gasteiger partial charge in [-0.05, 0) is 35.7 Å². The van der Waals surface area contributed by atoms with Gasteiger partial charge in [-0.1, -0.05) is 26.0 Å². The van der Waals surface area contributed by atoms with Crippen LogP contribution in [0.4, 0.5) is 0 Å². The molecule has 0 aliphatic rings. The van der Waals surface area contributed by atoms with Crippen molar-refractivity contribution in [3.8, 4) is 17.5 Å². The van der Waals surface area contributed by atoms with Gasteiger partial charge < -0.3 is 0 Å². The van der Waals surface area contributed by atoms with Gasteiger partial charge in [0.25, 0.3) is 0 Å². The van der Waals surface area contributed by atoms with Crippen molar-refractivity contribution in [3.63, 3.8) is 0 Å². The number of aromatic nitrogens is 5. The van der Waals surface area contributed by atoms with Crippen molar-refractivity contribution in [1.29, 1.82) is 5.26 Å². The average molecular weight is 384 g/mol. The van der Waals surface area contributed by atoms with Crippen molar-refractivity contribution in [1.82, 2.24) is 24.1 Å². The second-order valence-electron chi connectivity index (χ2n) is 7.23. The number of fused-ring (bicyclic) bond motifs is 1. The van der Waals surface area contributed by atoms with Crippen molar-refractivity contribution in [2.24, 2.45) is 7.05 Å². The summed E-state index contributed by atoms with van der Waals surface area (Å²) in [6.45, 7) is 4.52. The van der Waals surface area contributed by atoms with E-state index in [1.807, 2.05) is 24.3 Å². The van der Waals surface area contributed by atoms with Gasteiger partial charge in [-0.15, -0.1) is 0 Å². The molecule has 0 bridgehead atoms. The zero-order chi connectivity index (χ0) is 20.5. The monoisotopic (exact) mass is 384 g/mol. The topological polar surface area (TPSA) is 89.4 Å². The highest BCUT2D eigenvalue weighted by Gasteiger charge is 2.17. The number of nitriles is 1. The molecular formula is C22H20N6O. The van der Waals surface area contributed by atoms with Crippen molar-refractivity contribution in [2.45, 2.75) is 26.3 Å². The third-order valence-corrected chi connectivity index (χ3v) is 4.93. The van der Waals surface area contributed by atoms with Crippen LogP contribution in [0.3, 0.4) is 0 Å². The summed E-state index contributed by atoms with van der Waals surface area (Å²) in [5.41, 5.74) is 4.37. The van der Waals surface area contributed by atoms with E-state index >= 15 is 0 Å². The first-order valence-electron chi connectivity index (χ1n) is 9.36. The Balaban J connectivity index is 1.85. The molecule has 0 unspecified atom stereocenters. The van der Waals surface area contributed by atoms with Crippen LogP contribution in [0.1, 0.15) is 36.6 Å². The first-order valence-corrected chi connectivity index (χ1v) is 9.36. The summed E-state index contributed by atoms with van der Waals surface area (Å²) >= 11 is 0. The van der Waals surface area contributed by atoms with Crippen molar-refractivity contribution < 1.29 is 0 Å². The van der Waals surface area contributed by atoms with Crippen LogP contribution in [0.5, 0.6) is 0 Å². The molecule has 7 nitrogen and oxygen atoms in total. The lowest BCUT2D eigenvalue weighted by atomic mass is 10.0. The van der Waals surface area contributed by atoms with Crippen molar-refractivity contribution >= 4 is 11.2 Å². The molecule has 144 valence electrons. The summed E-state index contributed by atoms with van der Waals surface area (Å²) in [5.74, 6) is 0.774. The van der Waals surface area contributed by atoms with Crippen LogP contribution in [-0.4, -0.2) is 24.1 Å². The Kier molecular flexibility index (Phi) is 4.69. The third-order valence-electron chi connectivity index (χ3n) is 4.93. The highest BCUT2D eigenvalue weighted by Crippen LogP contribution is 2.25. The summed E-state index contributed by atoms with van der Waals surface area (Å²) in [5, 5.41) is 8.98. The molecule has 4 rings (SSSR count). The molecule has 0 aliphatic carbocycles. The first-order chi connectivity index (χ1) is 14.0. The molecule has 0 amide bonds. The number of nitrogens with zero attached hydrogens (tertiary/aromatic N) is 6. The fraction of sp³-hybridized carbons (Fsp3) is 0.227. The summed E-state index contributed by atoms with van der Waals surface area (Å²) in [7, 11) is 1.71. The fourth-order valence-electron chi connectivity index (χ4n) is 3.38. The summed E-state index contributed by atoms with van der Waals surface area (Å²) in [4.78, 5) is 26.6. The average Bonchev–Trinajstić information content (AvgIpc) is 2.98. The minimum atomic E-state index is -0.161. The molecule has 1 aromatic carbocycles. The number of hydrogen-bond acceptors (Lipinski definition) is 5. The number of aryl methyl sites for hydroxylation is 1. The molecule has 0 fully saturated rings. The van der Waals surface area contributed by atoms with E-state index in [0.29, 0.717) is 29.1 Å². The fourth-order valence-corrected chi connectivity index (χ4v) is 3.38. The van der Waals surface area contributed by atoms with Gasteiger partial charge in [-0.3, -0.25) is 14.1 Å². The number of benzene rings is 1. The van der Waals surface area contributed by atoms with Gasteiger partial charge in [0, 0.05) is 18.8 Å². The Morgan fingerprint density at radius 3 is 2.59 bits per heavy atom. The Hall–Kier alpha value is -3.79. The van der Waals surface area contributed by atoms with Gasteiger partial charge in [-0.2, -0.15) is 5.26 Å². The summed E-state index contributed by atoms with van der Waals surface area (Å²) in [6, 6.07) is 13.1. The van der Waals surface area contributed by atoms with E-state index in [2.05, 4.69) is 29.9 Å². The number of hydrogen-bond donors (Lipinski definition) is 0. The van der Waals surface area contributed by atoms with Gasteiger partial charge in [0.15, 0.2) is 11.5 Å². The van der Waals surface area contributed by atoms with Gasteiger partial charge in [0.1, 0.15) is 5.52 Å². The lowest BCUT2D eigenvalue weighted by Gasteiger charge is -2.10. The van der Waals surface area contributed by atoms with Crippen LogP contribution in [-0.2, 0) is 13.6 Å². The molecule has 0 saturated carbocycles. The van der Waals surface area contributed by atoms with Crippen LogP contribution in [0, 0.1) is 11.3 Å². The van der Waals surface area contributed by atoms with Crippen LogP contribution >= 0.6 is 0 Å². The molecular weight excluding hydrogens is 364 g/mol. The van der Waals surface area contributed by atoms with E-state index < -0.39 is 0 Å². The Labute approximate surface area is 167 Å². The first kappa shape index (κ1) is 18.6. The predicted molar refractivity (Wildman–Crippen MR) is 110 cm³/mol. The largest absolute Gasteiger partial charge is 0.330 e. The van der Waals surface area contributed by atoms with Crippen LogP contribution in [0.15, 0.2) is 53.6 Å². The molecule has 29 heavy (non-hydrogen) atoms. The maximum atomic E-state index is 12.8. The molecule has 0 aliphatic heterocycles. The highest BCUT2D eigenvalue weighted by atomic mass is 16.1. The standard InChI is InChI=1S/C22H20N6O/c1-14(2)19-17(5-4-10-24-19)20-25-12-18-21(26-20)28(22(29)27(18)3)13-16-8-6-15(11-23)7-9-16/h4-10,12,14H,13H2,1-3H3. The normalized spacial score (nSPS) is 11.1. The highest BCUT2D eigenvalue weighted by molar-refractivity contribution is 5.74. The van der Waals surface area contributed by atoms with E-state index in [0.717, 1.165) is 16.8 Å². The van der Waals surface area contributed by atoms with Crippen LogP contribution in [0.2, 0.25) is 0 Å². The van der Waals surface area contributed by atoms with Crippen molar-refractivity contribution in [3.05, 3.63) is 76.1 Å². The van der Waals surface area contributed by atoms with E-state index in [4.69, 9.17) is 10.2 Å². The minimum absolute atomic E-state index is 0.161. The molecule has 3 heterocycles. The summed E-state index contributed by atoms with van der Waals surface area (Å²) < 4.78 is 3.18. The second-order valence-corrected chi connectivity index (χ2v) is 7.23. The van der Waals surface area contributed by atoms with Crippen molar-refractivity contribution in [2.75, 3.05) is 0 Å². The lowest BCUT2D eigenvalue weighted by Crippen LogP contribution is -2.22. The van der Waals surface area contributed by atoms with Gasteiger partial charge in [0.2, 0.25) is 0 Å². The number of imidazole rings is 1. The quantitative estimate of drug-likeness (QED) is 0.539. The van der Waals surface area contributed by atoms with Crippen LogP contribution in [0.25, 0.3) is 22.6 Å². The molecule has 0 atom stereocenters. The van der Waals surface area contributed by atoms with E-state index in [9.17, 15) is 4.79 Å². The Bertz CT molecular complexity index is 1290. The number of pyridine rings is 1. The zero-order valence-electron chi connectivity index (χ0n) is 16.5. The predicted octanol–water partition coefficient (Wildman–Crippen LogP) is 3.24. The molecule has 7 heteroatoms. The second kappa shape index (κ2) is 7.32. The number of rotatable bonds is 4. The molecule has 0 radical (unpaired) electrons. The van der Waals surface area contributed by atoms with Gasteiger partial charge in [-0.25, -0.2) is 14.8 Å². The maximum absolute atomic E-state index is 12.8. The molecule has 0 N–H and O–H groups in total.